The van der Waals surface area contributed by atoms with Crippen LogP contribution in [0.5, 0.6) is 0 Å². The van der Waals surface area contributed by atoms with Crippen molar-refractivity contribution in [2.75, 3.05) is 6.26 Å². The van der Waals surface area contributed by atoms with Crippen LogP contribution < -0.4 is 0 Å². The van der Waals surface area contributed by atoms with E-state index in [1.807, 2.05) is 16.4 Å². The highest BCUT2D eigenvalue weighted by Gasteiger charge is 2.27. The van der Waals surface area contributed by atoms with Gasteiger partial charge in [0.15, 0.2) is 0 Å². The summed E-state index contributed by atoms with van der Waals surface area (Å²) in [5, 5.41) is 18.1. The van der Waals surface area contributed by atoms with Crippen LogP contribution in [0.25, 0.3) is 11.0 Å². The lowest BCUT2D eigenvalue weighted by Crippen LogP contribution is -2.08. The fourth-order valence-corrected chi connectivity index (χ4v) is 3.48. The first-order valence-corrected chi connectivity index (χ1v) is 7.59. The van der Waals surface area contributed by atoms with Gasteiger partial charge in [0.2, 0.25) is 0 Å². The predicted molar refractivity (Wildman–Crippen MR) is 74.7 cm³/mol. The van der Waals surface area contributed by atoms with Gasteiger partial charge in [-0.3, -0.25) is 0 Å². The first-order chi connectivity index (χ1) is 9.19. The summed E-state index contributed by atoms with van der Waals surface area (Å²) in [5.41, 5.74) is 1.87. The van der Waals surface area contributed by atoms with E-state index in [4.69, 9.17) is 5.11 Å². The van der Waals surface area contributed by atoms with Crippen molar-refractivity contribution in [3.05, 3.63) is 23.8 Å². The van der Waals surface area contributed by atoms with Gasteiger partial charge in [-0.05, 0) is 43.7 Å². The fourth-order valence-electron chi connectivity index (χ4n) is 2.69. The Morgan fingerprint density at radius 1 is 1.47 bits per heavy atom. The molecule has 1 heterocycles. The number of carbonyl (C=O) groups is 1. The van der Waals surface area contributed by atoms with Crippen LogP contribution in [-0.4, -0.2) is 37.6 Å². The number of aromatic nitrogens is 3. The van der Waals surface area contributed by atoms with E-state index in [-0.39, 0.29) is 5.56 Å². The number of benzene rings is 1. The number of fused-ring (bicyclic) bond motifs is 1. The van der Waals surface area contributed by atoms with E-state index < -0.39 is 5.97 Å². The third-order valence-corrected chi connectivity index (χ3v) is 4.85. The third-order valence-electron chi connectivity index (χ3n) is 3.75. The highest BCUT2D eigenvalue weighted by atomic mass is 32.2. The molecule has 0 aliphatic heterocycles. The Labute approximate surface area is 115 Å². The highest BCUT2D eigenvalue weighted by Crippen LogP contribution is 2.36. The molecule has 1 aromatic carbocycles. The minimum Gasteiger partial charge on any atom is -0.478 e. The summed E-state index contributed by atoms with van der Waals surface area (Å²) in [6, 6.07) is 5.31. The molecule has 0 spiro atoms. The van der Waals surface area contributed by atoms with Gasteiger partial charge in [0.05, 0.1) is 17.1 Å². The number of carboxylic acid groups (broad SMARTS) is 1. The van der Waals surface area contributed by atoms with Crippen molar-refractivity contribution in [3.63, 3.8) is 0 Å². The van der Waals surface area contributed by atoms with Crippen LogP contribution in [0.4, 0.5) is 0 Å². The molecule has 1 aliphatic rings. The average Bonchev–Trinajstić information content (AvgIpc) is 3.03. The van der Waals surface area contributed by atoms with Crippen molar-refractivity contribution in [2.24, 2.45) is 0 Å². The SMILES string of the molecule is CSC1CCC(n2nnc3ccc(C(=O)O)cc32)C1. The number of hydrogen-bond acceptors (Lipinski definition) is 4. The minimum absolute atomic E-state index is 0.287. The van der Waals surface area contributed by atoms with Crippen LogP contribution in [0.3, 0.4) is 0 Å². The summed E-state index contributed by atoms with van der Waals surface area (Å²) in [6.07, 6.45) is 5.49. The van der Waals surface area contributed by atoms with Crippen LogP contribution in [0.1, 0.15) is 35.7 Å². The summed E-state index contributed by atoms with van der Waals surface area (Å²) in [6.45, 7) is 0. The molecule has 1 aliphatic carbocycles. The zero-order chi connectivity index (χ0) is 13.4. The lowest BCUT2D eigenvalue weighted by Gasteiger charge is -2.11. The monoisotopic (exact) mass is 277 g/mol. The van der Waals surface area contributed by atoms with E-state index in [9.17, 15) is 4.79 Å². The zero-order valence-corrected chi connectivity index (χ0v) is 11.4. The molecule has 0 saturated heterocycles. The number of nitrogens with zero attached hydrogens (tertiary/aromatic N) is 3. The van der Waals surface area contributed by atoms with Crippen LogP contribution in [0.2, 0.25) is 0 Å². The van der Waals surface area contributed by atoms with E-state index in [0.717, 1.165) is 23.9 Å². The first-order valence-electron chi connectivity index (χ1n) is 6.30. The molecular weight excluding hydrogens is 262 g/mol. The Balaban J connectivity index is 1.99. The molecule has 3 rings (SSSR count). The van der Waals surface area contributed by atoms with Crippen molar-refractivity contribution in [1.82, 2.24) is 15.0 Å². The predicted octanol–water partition coefficient (Wildman–Crippen LogP) is 2.59. The van der Waals surface area contributed by atoms with Crippen molar-refractivity contribution >= 4 is 28.8 Å². The van der Waals surface area contributed by atoms with Crippen LogP contribution in [0, 0.1) is 0 Å². The third kappa shape index (κ3) is 2.20. The molecule has 100 valence electrons. The zero-order valence-electron chi connectivity index (χ0n) is 10.6. The second-order valence-corrected chi connectivity index (χ2v) is 6.01. The van der Waals surface area contributed by atoms with Crippen LogP contribution in [0.15, 0.2) is 18.2 Å². The van der Waals surface area contributed by atoms with E-state index in [1.54, 1.807) is 18.2 Å². The van der Waals surface area contributed by atoms with Crippen LogP contribution >= 0.6 is 11.8 Å². The molecule has 2 atom stereocenters. The second kappa shape index (κ2) is 4.85. The maximum absolute atomic E-state index is 11.0. The Hall–Kier alpha value is -1.56. The number of carboxylic acids is 1. The van der Waals surface area contributed by atoms with Gasteiger partial charge >= 0.3 is 5.97 Å². The molecule has 1 saturated carbocycles. The van der Waals surface area contributed by atoms with Gasteiger partial charge in [-0.25, -0.2) is 9.48 Å². The summed E-state index contributed by atoms with van der Waals surface area (Å²) < 4.78 is 1.90. The molecule has 0 radical (unpaired) electrons. The van der Waals surface area contributed by atoms with E-state index in [0.29, 0.717) is 11.3 Å². The highest BCUT2D eigenvalue weighted by molar-refractivity contribution is 7.99. The molecule has 1 aromatic heterocycles. The maximum atomic E-state index is 11.0. The van der Waals surface area contributed by atoms with Gasteiger partial charge < -0.3 is 5.11 Å². The fraction of sp³-hybridized carbons (Fsp3) is 0.462. The Morgan fingerprint density at radius 3 is 3.00 bits per heavy atom. The standard InChI is InChI=1S/C13H15N3O2S/c1-19-10-4-3-9(7-10)16-12-6-8(13(17)18)2-5-11(12)14-15-16/h2,5-6,9-10H,3-4,7H2,1H3,(H,17,18). The molecule has 0 bridgehead atoms. The van der Waals surface area contributed by atoms with Crippen molar-refractivity contribution in [1.29, 1.82) is 0 Å². The topological polar surface area (TPSA) is 68.0 Å². The summed E-state index contributed by atoms with van der Waals surface area (Å²) in [5.74, 6) is -0.914. The normalized spacial score (nSPS) is 23.0. The van der Waals surface area contributed by atoms with Crippen LogP contribution in [-0.2, 0) is 0 Å². The summed E-state index contributed by atoms with van der Waals surface area (Å²) >= 11 is 1.89. The number of hydrogen-bond donors (Lipinski definition) is 1. The molecule has 2 unspecified atom stereocenters. The summed E-state index contributed by atoms with van der Waals surface area (Å²) in [4.78, 5) is 11.0. The second-order valence-electron chi connectivity index (χ2n) is 4.87. The largest absolute Gasteiger partial charge is 0.478 e. The van der Waals surface area contributed by atoms with Gasteiger partial charge in [0.25, 0.3) is 0 Å². The van der Waals surface area contributed by atoms with Gasteiger partial charge in [-0.15, -0.1) is 5.10 Å². The van der Waals surface area contributed by atoms with E-state index >= 15 is 0 Å². The van der Waals surface area contributed by atoms with Crippen molar-refractivity contribution < 1.29 is 9.90 Å². The number of rotatable bonds is 3. The van der Waals surface area contributed by atoms with Gasteiger partial charge in [-0.2, -0.15) is 11.8 Å². The van der Waals surface area contributed by atoms with E-state index in [2.05, 4.69) is 16.6 Å². The minimum atomic E-state index is -0.914. The van der Waals surface area contributed by atoms with E-state index in [1.165, 1.54) is 6.42 Å². The lowest BCUT2D eigenvalue weighted by molar-refractivity contribution is 0.0697. The van der Waals surface area contributed by atoms with Crippen molar-refractivity contribution in [2.45, 2.75) is 30.6 Å². The molecule has 6 heteroatoms. The smallest absolute Gasteiger partial charge is 0.335 e. The first kappa shape index (κ1) is 12.5. The maximum Gasteiger partial charge on any atom is 0.335 e. The molecule has 1 N–H and O–H groups in total. The quantitative estimate of drug-likeness (QED) is 0.934. The molecule has 1 fully saturated rings. The van der Waals surface area contributed by atoms with Gasteiger partial charge in [0, 0.05) is 5.25 Å². The Bertz CT molecular complexity index is 625. The Morgan fingerprint density at radius 2 is 2.32 bits per heavy atom. The molecule has 0 amide bonds. The van der Waals surface area contributed by atoms with Gasteiger partial charge in [0.1, 0.15) is 5.52 Å². The number of thioether (sulfide) groups is 1. The molecule has 5 nitrogen and oxygen atoms in total. The van der Waals surface area contributed by atoms with Crippen molar-refractivity contribution in [3.8, 4) is 0 Å². The molecule has 2 aromatic rings. The average molecular weight is 277 g/mol. The molecule has 19 heavy (non-hydrogen) atoms. The summed E-state index contributed by atoms with van der Waals surface area (Å²) in [7, 11) is 0. The molecular formula is C13H15N3O2S. The number of aromatic carboxylic acids is 1. The lowest BCUT2D eigenvalue weighted by atomic mass is 10.2. The Kier molecular flexibility index (Phi) is 3.18. The van der Waals surface area contributed by atoms with Gasteiger partial charge in [-0.1, -0.05) is 5.21 Å².